The van der Waals surface area contributed by atoms with Gasteiger partial charge in [-0.2, -0.15) is 0 Å². The van der Waals surface area contributed by atoms with Gasteiger partial charge in [0.05, 0.1) is 36.9 Å². The van der Waals surface area contributed by atoms with Gasteiger partial charge in [0.2, 0.25) is 0 Å². The van der Waals surface area contributed by atoms with E-state index >= 15 is 0 Å². The summed E-state index contributed by atoms with van der Waals surface area (Å²) < 4.78 is 26.1. The minimum absolute atomic E-state index is 0.149. The molecule has 2 aromatic carbocycles. The van der Waals surface area contributed by atoms with E-state index in [1.165, 1.54) is 35.2 Å². The molecular formula is C19H21ClF2N3O+. The van der Waals surface area contributed by atoms with Crippen LogP contribution in [-0.4, -0.2) is 38.1 Å². The Kier molecular flexibility index (Phi) is 5.74. The number of piperazine rings is 1. The maximum Gasteiger partial charge on any atom is 0.282 e. The number of hydrogen-bond donors (Lipinski definition) is 2. The van der Waals surface area contributed by atoms with E-state index in [2.05, 4.69) is 10.2 Å². The van der Waals surface area contributed by atoms with Crippen molar-refractivity contribution < 1.29 is 18.5 Å². The third kappa shape index (κ3) is 4.31. The normalized spacial score (nSPS) is 16.4. The third-order valence-electron chi connectivity index (χ3n) is 4.79. The largest absolute Gasteiger partial charge is 0.360 e. The monoisotopic (exact) mass is 380 g/mol. The predicted molar refractivity (Wildman–Crippen MR) is 98.8 cm³/mol. The van der Waals surface area contributed by atoms with E-state index in [9.17, 15) is 13.6 Å². The summed E-state index contributed by atoms with van der Waals surface area (Å²) in [5.74, 6) is -0.838. The van der Waals surface area contributed by atoms with Crippen molar-refractivity contribution in [3.63, 3.8) is 0 Å². The molecule has 0 aromatic heterocycles. The highest BCUT2D eigenvalue weighted by molar-refractivity contribution is 6.33. The van der Waals surface area contributed by atoms with Crippen LogP contribution >= 0.6 is 11.6 Å². The van der Waals surface area contributed by atoms with Gasteiger partial charge in [0.25, 0.3) is 5.91 Å². The first-order valence-corrected chi connectivity index (χ1v) is 8.93. The molecule has 1 fully saturated rings. The van der Waals surface area contributed by atoms with E-state index in [0.717, 1.165) is 31.9 Å². The highest BCUT2D eigenvalue weighted by Gasteiger charge is 2.29. The summed E-state index contributed by atoms with van der Waals surface area (Å²) in [6.45, 7) is 5.04. The van der Waals surface area contributed by atoms with Crippen molar-refractivity contribution in [3.05, 3.63) is 59.1 Å². The van der Waals surface area contributed by atoms with Gasteiger partial charge in [-0.3, -0.25) is 4.79 Å². The van der Waals surface area contributed by atoms with E-state index in [-0.39, 0.29) is 22.8 Å². The predicted octanol–water partition coefficient (Wildman–Crippen LogP) is 2.35. The number of benzene rings is 2. The summed E-state index contributed by atoms with van der Waals surface area (Å²) in [5.41, 5.74) is 1.40. The number of hydrogen-bond acceptors (Lipinski definition) is 2. The van der Waals surface area contributed by atoms with E-state index in [1.54, 1.807) is 12.1 Å². The van der Waals surface area contributed by atoms with E-state index < -0.39 is 5.82 Å². The molecule has 1 heterocycles. The lowest BCUT2D eigenvalue weighted by atomic mass is 10.2. The minimum Gasteiger partial charge on any atom is -0.360 e. The smallest absolute Gasteiger partial charge is 0.282 e. The van der Waals surface area contributed by atoms with Gasteiger partial charge < -0.3 is 15.1 Å². The molecule has 0 spiro atoms. The van der Waals surface area contributed by atoms with Crippen LogP contribution in [0.25, 0.3) is 0 Å². The Morgan fingerprint density at radius 1 is 1.12 bits per heavy atom. The quantitative estimate of drug-likeness (QED) is 0.854. The minimum atomic E-state index is -0.441. The average molecular weight is 381 g/mol. The molecular weight excluding hydrogens is 360 g/mol. The summed E-state index contributed by atoms with van der Waals surface area (Å²) in [4.78, 5) is 15.8. The maximum absolute atomic E-state index is 13.1. The van der Waals surface area contributed by atoms with Crippen molar-refractivity contribution >= 4 is 28.9 Å². The second-order valence-electron chi connectivity index (χ2n) is 6.46. The molecule has 1 aliphatic heterocycles. The van der Waals surface area contributed by atoms with Crippen molar-refractivity contribution in [2.75, 3.05) is 36.4 Å². The highest BCUT2D eigenvalue weighted by Crippen LogP contribution is 2.22. The Balaban J connectivity index is 1.56. The number of anilines is 2. The van der Waals surface area contributed by atoms with Crippen molar-refractivity contribution in [1.82, 2.24) is 0 Å². The number of amides is 1. The molecule has 0 saturated carbocycles. The van der Waals surface area contributed by atoms with E-state index in [4.69, 9.17) is 11.6 Å². The first kappa shape index (κ1) is 18.6. The topological polar surface area (TPSA) is 36.8 Å². The molecule has 1 saturated heterocycles. The molecule has 7 heteroatoms. The number of rotatable bonds is 4. The lowest BCUT2D eigenvalue weighted by molar-refractivity contribution is -0.914. The Morgan fingerprint density at radius 2 is 1.73 bits per heavy atom. The van der Waals surface area contributed by atoms with E-state index in [0.29, 0.717) is 5.69 Å². The van der Waals surface area contributed by atoms with Crippen LogP contribution in [-0.2, 0) is 4.79 Å². The fourth-order valence-corrected chi connectivity index (χ4v) is 3.37. The Hall–Kier alpha value is -2.18. The van der Waals surface area contributed by atoms with Crippen molar-refractivity contribution in [1.29, 1.82) is 0 Å². The van der Waals surface area contributed by atoms with Gasteiger partial charge in [-0.1, -0.05) is 11.6 Å². The highest BCUT2D eigenvalue weighted by atomic mass is 35.5. The molecule has 2 N–H and O–H groups in total. The molecule has 0 radical (unpaired) electrons. The van der Waals surface area contributed by atoms with Gasteiger partial charge in [-0.15, -0.1) is 0 Å². The zero-order chi connectivity index (χ0) is 18.7. The molecule has 138 valence electrons. The summed E-state index contributed by atoms with van der Waals surface area (Å²) in [6.07, 6.45) is 0. The van der Waals surface area contributed by atoms with Gasteiger partial charge in [-0.25, -0.2) is 8.78 Å². The number of halogens is 3. The molecule has 3 rings (SSSR count). The molecule has 4 nitrogen and oxygen atoms in total. The van der Waals surface area contributed by atoms with Crippen molar-refractivity contribution in [2.45, 2.75) is 13.0 Å². The van der Waals surface area contributed by atoms with Crippen LogP contribution in [0.2, 0.25) is 5.02 Å². The molecule has 0 bridgehead atoms. The molecule has 0 unspecified atom stereocenters. The second-order valence-corrected chi connectivity index (χ2v) is 6.86. The number of nitrogens with zero attached hydrogens (tertiary/aromatic N) is 1. The zero-order valence-electron chi connectivity index (χ0n) is 14.4. The first-order valence-electron chi connectivity index (χ1n) is 8.55. The van der Waals surface area contributed by atoms with Gasteiger partial charge in [-0.05, 0) is 49.4 Å². The summed E-state index contributed by atoms with van der Waals surface area (Å²) in [7, 11) is 0. The van der Waals surface area contributed by atoms with Crippen LogP contribution < -0.4 is 15.1 Å². The maximum atomic E-state index is 13.1. The third-order valence-corrected chi connectivity index (χ3v) is 5.10. The van der Waals surface area contributed by atoms with Crippen LogP contribution in [0.15, 0.2) is 42.5 Å². The Morgan fingerprint density at radius 3 is 2.35 bits per heavy atom. The van der Waals surface area contributed by atoms with Crippen LogP contribution in [0.1, 0.15) is 6.92 Å². The fourth-order valence-electron chi connectivity index (χ4n) is 3.15. The summed E-state index contributed by atoms with van der Waals surface area (Å²) in [6, 6.07) is 10.1. The van der Waals surface area contributed by atoms with Crippen molar-refractivity contribution in [2.24, 2.45) is 0 Å². The van der Waals surface area contributed by atoms with E-state index in [1.807, 2.05) is 6.92 Å². The van der Waals surface area contributed by atoms with Gasteiger partial charge >= 0.3 is 0 Å². The van der Waals surface area contributed by atoms with Crippen LogP contribution in [0.4, 0.5) is 20.2 Å². The first-order chi connectivity index (χ1) is 12.4. The number of nitrogens with one attached hydrogen (secondary N) is 2. The van der Waals surface area contributed by atoms with Crippen molar-refractivity contribution in [3.8, 4) is 0 Å². The lowest BCUT2D eigenvalue weighted by Crippen LogP contribution is -3.19. The van der Waals surface area contributed by atoms with Gasteiger partial charge in [0.15, 0.2) is 6.04 Å². The van der Waals surface area contributed by atoms with Crippen LogP contribution in [0.5, 0.6) is 0 Å². The molecule has 2 aromatic rings. The van der Waals surface area contributed by atoms with Gasteiger partial charge in [0.1, 0.15) is 11.6 Å². The van der Waals surface area contributed by atoms with Crippen LogP contribution in [0.3, 0.4) is 0 Å². The molecule has 26 heavy (non-hydrogen) atoms. The molecule has 1 aliphatic rings. The van der Waals surface area contributed by atoms with Gasteiger partial charge in [0, 0.05) is 5.69 Å². The Bertz CT molecular complexity index is 777. The average Bonchev–Trinajstić information content (AvgIpc) is 2.64. The Labute approximate surface area is 156 Å². The van der Waals surface area contributed by atoms with Crippen LogP contribution in [0, 0.1) is 11.6 Å². The number of quaternary nitrogens is 1. The molecule has 1 atom stereocenters. The summed E-state index contributed by atoms with van der Waals surface area (Å²) >= 11 is 5.97. The lowest BCUT2D eigenvalue weighted by Gasteiger charge is -2.36. The standard InChI is InChI=1S/C19H20ClF2N3O/c1-13(19(26)23-18-7-4-15(22)12-17(18)20)24-8-10-25(11-9-24)16-5-2-14(21)3-6-16/h2-7,12-13H,8-11H2,1H3,(H,23,26)/p+1/t13-/m0/s1. The SMILES string of the molecule is C[C@@H](C(=O)Nc1ccc(F)cc1Cl)[NH+]1CCN(c2ccc(F)cc2)CC1. The molecule has 0 aliphatic carbocycles. The molecule has 1 amide bonds. The fraction of sp³-hybridized carbons (Fsp3) is 0.316. The summed E-state index contributed by atoms with van der Waals surface area (Å²) in [5, 5.41) is 2.95. The number of carbonyl (C=O) groups is 1. The zero-order valence-corrected chi connectivity index (χ0v) is 15.2. The second kappa shape index (κ2) is 8.01. The number of carbonyl (C=O) groups excluding carboxylic acids is 1.